The van der Waals surface area contributed by atoms with E-state index in [1.807, 2.05) is 0 Å². The molecule has 0 unspecified atom stereocenters. The zero-order chi connectivity index (χ0) is 17.8. The molecule has 2 N–H and O–H groups in total. The van der Waals surface area contributed by atoms with Gasteiger partial charge in [-0.1, -0.05) is 18.2 Å². The van der Waals surface area contributed by atoms with E-state index in [1.165, 1.54) is 25.3 Å². The average molecular weight is 343 g/mol. The minimum absolute atomic E-state index is 0.143. The first-order valence-corrected chi connectivity index (χ1v) is 7.78. The number of ether oxygens (including phenoxy) is 2. The number of aliphatic hydroxyl groups excluding tert-OH is 1. The summed E-state index contributed by atoms with van der Waals surface area (Å²) in [7, 11) is 1.51. The molecule has 130 valence electrons. The summed E-state index contributed by atoms with van der Waals surface area (Å²) in [4.78, 5) is 14.5. The first kappa shape index (κ1) is 17.1. The van der Waals surface area contributed by atoms with Crippen LogP contribution in [-0.2, 0) is 11.3 Å². The summed E-state index contributed by atoms with van der Waals surface area (Å²) in [6.07, 6.45) is -0.815. The van der Waals surface area contributed by atoms with Crippen LogP contribution in [0, 0.1) is 5.82 Å². The first-order valence-electron chi connectivity index (χ1n) is 7.78. The third-order valence-electron chi connectivity index (χ3n) is 3.88. The zero-order valence-electron chi connectivity index (χ0n) is 13.7. The van der Waals surface area contributed by atoms with Crippen molar-refractivity contribution in [2.24, 2.45) is 0 Å². The number of hydrogen-bond acceptors (Lipinski definition) is 4. The molecular weight excluding hydrogens is 325 g/mol. The van der Waals surface area contributed by atoms with Crippen LogP contribution in [-0.4, -0.2) is 23.8 Å². The van der Waals surface area contributed by atoms with Crippen LogP contribution in [0.4, 0.5) is 4.39 Å². The minimum Gasteiger partial charge on any atom is -0.487 e. The topological polar surface area (TPSA) is 71.5 Å². The van der Waals surface area contributed by atoms with E-state index in [1.54, 1.807) is 30.3 Å². The number of benzene rings is 2. The number of aromatic nitrogens is 1. The van der Waals surface area contributed by atoms with Gasteiger partial charge in [0.15, 0.2) is 0 Å². The van der Waals surface area contributed by atoms with Crippen molar-refractivity contribution in [1.82, 2.24) is 4.98 Å². The Morgan fingerprint density at radius 2 is 1.88 bits per heavy atom. The SMILES string of the molecule is COC[C@@H](O)c1ccc(OCc2ccc(F)cc2)c2[nH]c(=O)ccc12. The number of methoxy groups -OCH3 is 1. The van der Waals surface area contributed by atoms with Crippen molar-refractivity contribution in [3.05, 3.63) is 75.8 Å². The Morgan fingerprint density at radius 1 is 1.12 bits per heavy atom. The van der Waals surface area contributed by atoms with E-state index in [9.17, 15) is 14.3 Å². The fraction of sp³-hybridized carbons (Fsp3) is 0.211. The molecule has 3 aromatic rings. The Labute approximate surface area is 143 Å². The summed E-state index contributed by atoms with van der Waals surface area (Å²) in [5.41, 5.74) is 1.68. The molecule has 1 atom stereocenters. The zero-order valence-corrected chi connectivity index (χ0v) is 13.7. The van der Waals surface area contributed by atoms with E-state index < -0.39 is 6.10 Å². The third-order valence-corrected chi connectivity index (χ3v) is 3.88. The number of halogens is 1. The first-order chi connectivity index (χ1) is 12.1. The van der Waals surface area contributed by atoms with Gasteiger partial charge < -0.3 is 19.6 Å². The monoisotopic (exact) mass is 343 g/mol. The van der Waals surface area contributed by atoms with Gasteiger partial charge in [-0.3, -0.25) is 4.79 Å². The summed E-state index contributed by atoms with van der Waals surface area (Å²) in [6.45, 7) is 0.371. The van der Waals surface area contributed by atoms with Gasteiger partial charge in [-0.25, -0.2) is 4.39 Å². The molecule has 0 saturated heterocycles. The van der Waals surface area contributed by atoms with Crippen molar-refractivity contribution in [3.8, 4) is 5.75 Å². The lowest BCUT2D eigenvalue weighted by Crippen LogP contribution is -2.09. The molecule has 0 aliphatic heterocycles. The van der Waals surface area contributed by atoms with Crippen molar-refractivity contribution >= 4 is 10.9 Å². The summed E-state index contributed by atoms with van der Waals surface area (Å²) in [5, 5.41) is 10.9. The van der Waals surface area contributed by atoms with Crippen LogP contribution >= 0.6 is 0 Å². The van der Waals surface area contributed by atoms with Crippen molar-refractivity contribution < 1.29 is 19.0 Å². The van der Waals surface area contributed by atoms with E-state index in [0.717, 1.165) is 5.56 Å². The maximum Gasteiger partial charge on any atom is 0.248 e. The van der Waals surface area contributed by atoms with Crippen LogP contribution in [0.1, 0.15) is 17.2 Å². The Balaban J connectivity index is 1.95. The number of rotatable bonds is 6. The Hall–Kier alpha value is -2.70. The standard InChI is InChI=1S/C19H18FNO4/c1-24-11-16(22)14-6-8-17(19-15(14)7-9-18(23)21-19)25-10-12-2-4-13(20)5-3-12/h2-9,16,22H,10-11H2,1H3,(H,21,23)/t16-/m1/s1. The quantitative estimate of drug-likeness (QED) is 0.722. The molecule has 0 aliphatic carbocycles. The highest BCUT2D eigenvalue weighted by atomic mass is 19.1. The highest BCUT2D eigenvalue weighted by Gasteiger charge is 2.14. The molecule has 0 fully saturated rings. The molecule has 0 aliphatic rings. The second-order valence-corrected chi connectivity index (χ2v) is 5.65. The number of pyridine rings is 1. The predicted octanol–water partition coefficient (Wildman–Crippen LogP) is 2.93. The van der Waals surface area contributed by atoms with Crippen molar-refractivity contribution in [1.29, 1.82) is 0 Å². The molecular formula is C19H18FNO4. The molecule has 0 saturated carbocycles. The lowest BCUT2D eigenvalue weighted by atomic mass is 10.0. The van der Waals surface area contributed by atoms with Gasteiger partial charge in [-0.15, -0.1) is 0 Å². The highest BCUT2D eigenvalue weighted by Crippen LogP contribution is 2.30. The van der Waals surface area contributed by atoms with Gasteiger partial charge in [0.05, 0.1) is 12.1 Å². The minimum atomic E-state index is -0.815. The molecule has 1 heterocycles. The van der Waals surface area contributed by atoms with Gasteiger partial charge in [-0.2, -0.15) is 0 Å². The fourth-order valence-electron chi connectivity index (χ4n) is 2.65. The maximum atomic E-state index is 13.0. The van der Waals surface area contributed by atoms with Gasteiger partial charge in [-0.05, 0) is 35.4 Å². The molecule has 0 radical (unpaired) electrons. The number of aromatic amines is 1. The average Bonchev–Trinajstić information content (AvgIpc) is 2.61. The highest BCUT2D eigenvalue weighted by molar-refractivity contribution is 5.87. The smallest absolute Gasteiger partial charge is 0.248 e. The molecule has 6 heteroatoms. The van der Waals surface area contributed by atoms with Crippen LogP contribution in [0.25, 0.3) is 10.9 Å². The van der Waals surface area contributed by atoms with Crippen LogP contribution < -0.4 is 10.3 Å². The third kappa shape index (κ3) is 3.87. The number of nitrogens with one attached hydrogen (secondary N) is 1. The van der Waals surface area contributed by atoms with Crippen LogP contribution in [0.3, 0.4) is 0 Å². The van der Waals surface area contributed by atoms with Crippen LogP contribution in [0.2, 0.25) is 0 Å². The molecule has 5 nitrogen and oxygen atoms in total. The van der Waals surface area contributed by atoms with E-state index in [2.05, 4.69) is 4.98 Å². The maximum absolute atomic E-state index is 13.0. The Bertz CT molecular complexity index is 921. The second kappa shape index (κ2) is 7.46. The Kier molecular flexibility index (Phi) is 5.11. The second-order valence-electron chi connectivity index (χ2n) is 5.65. The van der Waals surface area contributed by atoms with E-state index in [-0.39, 0.29) is 24.6 Å². The Morgan fingerprint density at radius 3 is 2.60 bits per heavy atom. The van der Waals surface area contributed by atoms with Gasteiger partial charge >= 0.3 is 0 Å². The molecule has 25 heavy (non-hydrogen) atoms. The molecule has 0 amide bonds. The van der Waals surface area contributed by atoms with E-state index >= 15 is 0 Å². The van der Waals surface area contributed by atoms with Gasteiger partial charge in [0.2, 0.25) is 5.56 Å². The summed E-state index contributed by atoms with van der Waals surface area (Å²) >= 11 is 0. The van der Waals surface area contributed by atoms with E-state index in [0.29, 0.717) is 22.2 Å². The summed E-state index contributed by atoms with van der Waals surface area (Å²) in [6, 6.07) is 12.5. The van der Waals surface area contributed by atoms with Crippen molar-refractivity contribution in [2.45, 2.75) is 12.7 Å². The fourth-order valence-corrected chi connectivity index (χ4v) is 2.65. The molecule has 1 aromatic heterocycles. The number of aliphatic hydroxyl groups is 1. The van der Waals surface area contributed by atoms with E-state index in [4.69, 9.17) is 9.47 Å². The lowest BCUT2D eigenvalue weighted by Gasteiger charge is -2.15. The largest absolute Gasteiger partial charge is 0.487 e. The summed E-state index contributed by atoms with van der Waals surface area (Å²) in [5.74, 6) is 0.167. The normalized spacial score (nSPS) is 12.3. The number of hydrogen-bond donors (Lipinski definition) is 2. The molecule has 0 bridgehead atoms. The molecule has 0 spiro atoms. The summed E-state index contributed by atoms with van der Waals surface area (Å²) < 4.78 is 23.8. The van der Waals surface area contributed by atoms with Gasteiger partial charge in [0, 0.05) is 18.6 Å². The lowest BCUT2D eigenvalue weighted by molar-refractivity contribution is 0.0652. The van der Waals surface area contributed by atoms with Crippen LogP contribution in [0.5, 0.6) is 5.75 Å². The number of H-pyrrole nitrogens is 1. The molecule has 2 aromatic carbocycles. The van der Waals surface area contributed by atoms with Crippen LogP contribution in [0.15, 0.2) is 53.3 Å². The molecule has 3 rings (SSSR count). The van der Waals surface area contributed by atoms with Gasteiger partial charge in [0.1, 0.15) is 24.3 Å². The van der Waals surface area contributed by atoms with Crippen molar-refractivity contribution in [2.75, 3.05) is 13.7 Å². The number of fused-ring (bicyclic) bond motifs is 1. The predicted molar refractivity (Wildman–Crippen MR) is 92.1 cm³/mol. The van der Waals surface area contributed by atoms with Crippen molar-refractivity contribution in [3.63, 3.8) is 0 Å². The van der Waals surface area contributed by atoms with Gasteiger partial charge in [0.25, 0.3) is 0 Å².